The third-order valence-electron chi connectivity index (χ3n) is 4.78. The fraction of sp³-hybridized carbons (Fsp3) is 0.318. The molecule has 2 aromatic rings. The van der Waals surface area contributed by atoms with E-state index in [4.69, 9.17) is 14.6 Å². The zero-order chi connectivity index (χ0) is 20.8. The number of benzene rings is 2. The van der Waals surface area contributed by atoms with Crippen LogP contribution >= 0.6 is 0 Å². The number of ether oxygens (including phenoxy) is 2. The first-order valence-electron chi connectivity index (χ1n) is 9.39. The molecule has 0 unspecified atom stereocenters. The van der Waals surface area contributed by atoms with Gasteiger partial charge in [-0.25, -0.2) is 0 Å². The lowest BCUT2D eigenvalue weighted by molar-refractivity contribution is -0.147. The molecular weight excluding hydrogens is 374 g/mol. The molecule has 3 rings (SSSR count). The van der Waals surface area contributed by atoms with Crippen LogP contribution in [0.3, 0.4) is 0 Å². The summed E-state index contributed by atoms with van der Waals surface area (Å²) in [6.07, 6.45) is -1.13. The number of carboxylic acid groups (broad SMARTS) is 1. The standard InChI is InChI=1S/C22H23NO6/c1-14(10-21(25)26)29-13-23-20(24)11-22(27)28-12-19-17-8-4-2-6-15(17)16-7-3-5-9-18(16)19/h2-9,14,19H,10-13H2,1H3,(H,23,24)(H,25,26)/t14-/m1/s1. The van der Waals surface area contributed by atoms with Crippen LogP contribution in [-0.4, -0.2) is 42.4 Å². The van der Waals surface area contributed by atoms with Crippen LogP contribution in [-0.2, 0) is 23.9 Å². The summed E-state index contributed by atoms with van der Waals surface area (Å²) in [6, 6.07) is 16.0. The Morgan fingerprint density at radius 2 is 1.62 bits per heavy atom. The summed E-state index contributed by atoms with van der Waals surface area (Å²) in [5, 5.41) is 11.1. The van der Waals surface area contributed by atoms with E-state index in [0.29, 0.717) is 0 Å². The molecule has 0 aromatic heterocycles. The Morgan fingerprint density at radius 1 is 1.03 bits per heavy atom. The molecule has 0 aliphatic heterocycles. The zero-order valence-electron chi connectivity index (χ0n) is 16.1. The summed E-state index contributed by atoms with van der Waals surface area (Å²) >= 11 is 0. The van der Waals surface area contributed by atoms with Gasteiger partial charge in [0, 0.05) is 5.92 Å². The summed E-state index contributed by atoms with van der Waals surface area (Å²) < 4.78 is 10.5. The predicted octanol–water partition coefficient (Wildman–Crippen LogP) is 2.69. The first kappa shape index (κ1) is 20.5. The molecule has 7 heteroatoms. The highest BCUT2D eigenvalue weighted by Crippen LogP contribution is 2.44. The highest BCUT2D eigenvalue weighted by Gasteiger charge is 2.29. The number of hydrogen-bond acceptors (Lipinski definition) is 5. The minimum absolute atomic E-state index is 0.0605. The van der Waals surface area contributed by atoms with Crippen LogP contribution < -0.4 is 5.32 Å². The first-order chi connectivity index (χ1) is 14.0. The summed E-state index contributed by atoms with van der Waals surface area (Å²) in [5.74, 6) is -2.20. The van der Waals surface area contributed by atoms with E-state index in [2.05, 4.69) is 17.4 Å². The van der Waals surface area contributed by atoms with Gasteiger partial charge >= 0.3 is 11.9 Å². The van der Waals surface area contributed by atoms with E-state index >= 15 is 0 Å². The van der Waals surface area contributed by atoms with Crippen molar-refractivity contribution < 1.29 is 29.0 Å². The van der Waals surface area contributed by atoms with E-state index in [1.54, 1.807) is 6.92 Å². The summed E-state index contributed by atoms with van der Waals surface area (Å²) in [7, 11) is 0. The molecule has 0 heterocycles. The molecule has 29 heavy (non-hydrogen) atoms. The second-order valence-electron chi connectivity index (χ2n) is 6.91. The Balaban J connectivity index is 1.49. The molecule has 1 atom stereocenters. The lowest BCUT2D eigenvalue weighted by Crippen LogP contribution is -2.31. The fourth-order valence-electron chi connectivity index (χ4n) is 3.43. The zero-order valence-corrected chi connectivity index (χ0v) is 16.1. The topological polar surface area (TPSA) is 102 Å². The minimum Gasteiger partial charge on any atom is -0.481 e. The molecule has 1 aliphatic rings. The van der Waals surface area contributed by atoms with Gasteiger partial charge in [-0.1, -0.05) is 48.5 Å². The van der Waals surface area contributed by atoms with Gasteiger partial charge in [-0.3, -0.25) is 14.4 Å². The maximum absolute atomic E-state index is 12.1. The SMILES string of the molecule is C[C@H](CC(=O)O)OCNC(=O)CC(=O)OCC1c2ccccc2-c2ccccc21. The van der Waals surface area contributed by atoms with E-state index < -0.39 is 30.4 Å². The monoisotopic (exact) mass is 397 g/mol. The van der Waals surface area contributed by atoms with Crippen molar-refractivity contribution in [1.82, 2.24) is 5.32 Å². The Labute approximate surface area is 168 Å². The van der Waals surface area contributed by atoms with Gasteiger partial charge < -0.3 is 19.9 Å². The number of aliphatic carboxylic acids is 1. The number of hydrogen-bond donors (Lipinski definition) is 2. The highest BCUT2D eigenvalue weighted by atomic mass is 16.5. The average molecular weight is 397 g/mol. The minimum atomic E-state index is -0.984. The molecule has 0 saturated carbocycles. The van der Waals surface area contributed by atoms with Crippen LogP contribution in [0.25, 0.3) is 11.1 Å². The summed E-state index contributed by atoms with van der Waals surface area (Å²) in [5.41, 5.74) is 4.47. The lowest BCUT2D eigenvalue weighted by Gasteiger charge is -2.14. The molecule has 1 amide bonds. The van der Waals surface area contributed by atoms with E-state index in [1.807, 2.05) is 36.4 Å². The van der Waals surface area contributed by atoms with E-state index in [0.717, 1.165) is 22.3 Å². The number of carbonyl (C=O) groups excluding carboxylic acids is 2. The van der Waals surface area contributed by atoms with Crippen molar-refractivity contribution in [3.8, 4) is 11.1 Å². The average Bonchev–Trinajstić information content (AvgIpc) is 2.99. The Kier molecular flexibility index (Phi) is 6.61. The van der Waals surface area contributed by atoms with Crippen molar-refractivity contribution in [2.45, 2.75) is 31.8 Å². The van der Waals surface area contributed by atoms with Gasteiger partial charge in [0.05, 0.1) is 12.5 Å². The molecule has 7 nitrogen and oxygen atoms in total. The molecule has 0 radical (unpaired) electrons. The molecule has 0 saturated heterocycles. The van der Waals surface area contributed by atoms with Gasteiger partial charge in [0.15, 0.2) is 0 Å². The third kappa shape index (κ3) is 5.20. The number of fused-ring (bicyclic) bond motifs is 3. The summed E-state index contributed by atoms with van der Waals surface area (Å²) in [4.78, 5) is 34.5. The number of rotatable bonds is 9. The third-order valence-corrected chi connectivity index (χ3v) is 4.78. The number of carboxylic acids is 1. The van der Waals surface area contributed by atoms with Gasteiger partial charge in [0.2, 0.25) is 5.91 Å². The Morgan fingerprint density at radius 3 is 2.21 bits per heavy atom. The quantitative estimate of drug-likeness (QED) is 0.383. The van der Waals surface area contributed by atoms with Gasteiger partial charge in [0.25, 0.3) is 0 Å². The molecule has 0 bridgehead atoms. The second kappa shape index (κ2) is 9.34. The van der Waals surface area contributed by atoms with Crippen LogP contribution in [0.15, 0.2) is 48.5 Å². The predicted molar refractivity (Wildman–Crippen MR) is 105 cm³/mol. The number of amides is 1. The Bertz CT molecular complexity index is 864. The van der Waals surface area contributed by atoms with Gasteiger partial charge in [-0.15, -0.1) is 0 Å². The molecule has 2 N–H and O–H groups in total. The largest absolute Gasteiger partial charge is 0.481 e. The second-order valence-corrected chi connectivity index (χ2v) is 6.91. The van der Waals surface area contributed by atoms with E-state index in [-0.39, 0.29) is 25.7 Å². The number of esters is 1. The molecule has 1 aliphatic carbocycles. The normalized spacial score (nSPS) is 13.3. The lowest BCUT2D eigenvalue weighted by atomic mass is 9.98. The maximum Gasteiger partial charge on any atom is 0.315 e. The van der Waals surface area contributed by atoms with Gasteiger partial charge in [0.1, 0.15) is 19.8 Å². The molecule has 0 spiro atoms. The fourth-order valence-corrected chi connectivity index (χ4v) is 3.43. The van der Waals surface area contributed by atoms with Gasteiger partial charge in [-0.2, -0.15) is 0 Å². The maximum atomic E-state index is 12.1. The van der Waals surface area contributed by atoms with Crippen LogP contribution in [0.5, 0.6) is 0 Å². The van der Waals surface area contributed by atoms with Crippen molar-refractivity contribution in [2.24, 2.45) is 0 Å². The molecule has 152 valence electrons. The smallest absolute Gasteiger partial charge is 0.315 e. The van der Waals surface area contributed by atoms with Crippen molar-refractivity contribution >= 4 is 17.8 Å². The van der Waals surface area contributed by atoms with E-state index in [9.17, 15) is 14.4 Å². The molecular formula is C22H23NO6. The van der Waals surface area contributed by atoms with Crippen LogP contribution in [0.4, 0.5) is 0 Å². The van der Waals surface area contributed by atoms with Crippen molar-refractivity contribution in [3.63, 3.8) is 0 Å². The summed E-state index contributed by atoms with van der Waals surface area (Å²) in [6.45, 7) is 1.59. The van der Waals surface area contributed by atoms with Crippen molar-refractivity contribution in [1.29, 1.82) is 0 Å². The Hall–Kier alpha value is -3.19. The van der Waals surface area contributed by atoms with Crippen molar-refractivity contribution in [3.05, 3.63) is 59.7 Å². The van der Waals surface area contributed by atoms with Crippen molar-refractivity contribution in [2.75, 3.05) is 13.3 Å². The first-order valence-corrected chi connectivity index (χ1v) is 9.39. The number of nitrogens with one attached hydrogen (secondary N) is 1. The van der Waals surface area contributed by atoms with Crippen LogP contribution in [0, 0.1) is 0 Å². The highest BCUT2D eigenvalue weighted by molar-refractivity contribution is 5.94. The van der Waals surface area contributed by atoms with Gasteiger partial charge in [-0.05, 0) is 29.2 Å². The molecule has 2 aromatic carbocycles. The van der Waals surface area contributed by atoms with Crippen LogP contribution in [0.2, 0.25) is 0 Å². The van der Waals surface area contributed by atoms with Crippen LogP contribution in [0.1, 0.15) is 36.8 Å². The van der Waals surface area contributed by atoms with E-state index in [1.165, 1.54) is 0 Å². The molecule has 0 fully saturated rings. The number of carbonyl (C=O) groups is 3.